The van der Waals surface area contributed by atoms with E-state index >= 15 is 0 Å². The molecule has 0 aliphatic heterocycles. The Labute approximate surface area is 102 Å². The molecule has 0 rings (SSSR count). The summed E-state index contributed by atoms with van der Waals surface area (Å²) in [5.41, 5.74) is -1.48. The van der Waals surface area contributed by atoms with Crippen molar-refractivity contribution >= 4 is 12.0 Å². The standard InChI is InChI=1S/C11H22N2O4/c1-10(2,8(14)15)6-12-9(16)13-11(3,4)7-17-5/h6-7H2,1-5H3,(H,14,15)(H2,12,13,16). The van der Waals surface area contributed by atoms with E-state index in [-0.39, 0.29) is 6.54 Å². The van der Waals surface area contributed by atoms with Crippen LogP contribution in [0.25, 0.3) is 0 Å². The molecule has 17 heavy (non-hydrogen) atoms. The molecule has 3 N–H and O–H groups in total. The van der Waals surface area contributed by atoms with Gasteiger partial charge >= 0.3 is 12.0 Å². The van der Waals surface area contributed by atoms with Crippen LogP contribution < -0.4 is 10.6 Å². The Morgan fingerprint density at radius 2 is 1.76 bits per heavy atom. The molecule has 100 valence electrons. The molecule has 0 radical (unpaired) electrons. The lowest BCUT2D eigenvalue weighted by Crippen LogP contribution is -2.52. The fourth-order valence-electron chi connectivity index (χ4n) is 1.13. The van der Waals surface area contributed by atoms with Gasteiger partial charge in [-0.05, 0) is 27.7 Å². The van der Waals surface area contributed by atoms with Gasteiger partial charge in [-0.15, -0.1) is 0 Å². The number of carbonyl (C=O) groups is 2. The van der Waals surface area contributed by atoms with Crippen molar-refractivity contribution < 1.29 is 19.4 Å². The Bertz CT molecular complexity index is 287. The van der Waals surface area contributed by atoms with E-state index < -0.39 is 23.0 Å². The monoisotopic (exact) mass is 246 g/mol. The summed E-state index contributed by atoms with van der Waals surface area (Å²) in [6, 6.07) is -0.402. The summed E-state index contributed by atoms with van der Waals surface area (Å²) in [6.45, 7) is 7.18. The van der Waals surface area contributed by atoms with Gasteiger partial charge in [0.25, 0.3) is 0 Å². The van der Waals surface area contributed by atoms with Crippen molar-refractivity contribution in [2.45, 2.75) is 33.2 Å². The number of ether oxygens (including phenoxy) is 1. The number of carboxylic acid groups (broad SMARTS) is 1. The van der Waals surface area contributed by atoms with Gasteiger partial charge in [0, 0.05) is 13.7 Å². The first kappa shape index (κ1) is 15.7. The van der Waals surface area contributed by atoms with Gasteiger partial charge in [-0.2, -0.15) is 0 Å². The Morgan fingerprint density at radius 1 is 1.24 bits per heavy atom. The summed E-state index contributed by atoms with van der Waals surface area (Å²) >= 11 is 0. The Morgan fingerprint density at radius 3 is 2.18 bits per heavy atom. The van der Waals surface area contributed by atoms with Gasteiger partial charge in [-0.1, -0.05) is 0 Å². The summed E-state index contributed by atoms with van der Waals surface area (Å²) in [5.74, 6) is -0.950. The molecule has 0 aliphatic rings. The van der Waals surface area contributed by atoms with Crippen molar-refractivity contribution in [1.29, 1.82) is 0 Å². The van der Waals surface area contributed by atoms with Crippen LogP contribution in [-0.2, 0) is 9.53 Å². The van der Waals surface area contributed by atoms with Crippen molar-refractivity contribution in [2.24, 2.45) is 5.41 Å². The predicted molar refractivity (Wildman–Crippen MR) is 63.9 cm³/mol. The molecule has 0 bridgehead atoms. The van der Waals surface area contributed by atoms with E-state index in [2.05, 4.69) is 10.6 Å². The van der Waals surface area contributed by atoms with Gasteiger partial charge in [0.2, 0.25) is 0 Å². The molecule has 0 spiro atoms. The average molecular weight is 246 g/mol. The van der Waals surface area contributed by atoms with Gasteiger partial charge in [-0.3, -0.25) is 4.79 Å². The number of methoxy groups -OCH3 is 1. The fraction of sp³-hybridized carbons (Fsp3) is 0.818. The minimum atomic E-state index is -0.983. The van der Waals surface area contributed by atoms with E-state index in [1.54, 1.807) is 21.0 Å². The first-order valence-corrected chi connectivity index (χ1v) is 5.39. The largest absolute Gasteiger partial charge is 0.481 e. The molecule has 0 saturated carbocycles. The van der Waals surface area contributed by atoms with Crippen LogP contribution in [0.5, 0.6) is 0 Å². The number of hydrogen-bond acceptors (Lipinski definition) is 3. The summed E-state index contributed by atoms with van der Waals surface area (Å²) in [4.78, 5) is 22.4. The van der Waals surface area contributed by atoms with Crippen LogP contribution in [-0.4, -0.2) is 42.9 Å². The Hall–Kier alpha value is -1.30. The highest BCUT2D eigenvalue weighted by Crippen LogP contribution is 2.13. The van der Waals surface area contributed by atoms with E-state index in [0.29, 0.717) is 6.61 Å². The van der Waals surface area contributed by atoms with Crippen LogP contribution in [0.15, 0.2) is 0 Å². The number of carboxylic acids is 1. The first-order valence-electron chi connectivity index (χ1n) is 5.39. The van der Waals surface area contributed by atoms with Crippen molar-refractivity contribution in [1.82, 2.24) is 10.6 Å². The quantitative estimate of drug-likeness (QED) is 0.647. The minimum absolute atomic E-state index is 0.0667. The van der Waals surface area contributed by atoms with E-state index in [1.165, 1.54) is 0 Å². The van der Waals surface area contributed by atoms with Crippen LogP contribution in [0.4, 0.5) is 4.79 Å². The van der Waals surface area contributed by atoms with Crippen LogP contribution >= 0.6 is 0 Å². The molecule has 0 heterocycles. The highest BCUT2D eigenvalue weighted by molar-refractivity contribution is 5.77. The van der Waals surface area contributed by atoms with E-state index in [9.17, 15) is 9.59 Å². The average Bonchev–Trinajstić information content (AvgIpc) is 2.13. The second-order valence-corrected chi connectivity index (χ2v) is 5.31. The first-order chi connectivity index (χ1) is 7.60. The van der Waals surface area contributed by atoms with Crippen molar-refractivity contribution in [2.75, 3.05) is 20.3 Å². The highest BCUT2D eigenvalue weighted by Gasteiger charge is 2.28. The lowest BCUT2D eigenvalue weighted by Gasteiger charge is -2.26. The van der Waals surface area contributed by atoms with Gasteiger partial charge in [-0.25, -0.2) is 4.79 Å². The molecule has 2 amide bonds. The zero-order chi connectivity index (χ0) is 13.7. The Kier molecular flexibility index (Phi) is 5.41. The maximum absolute atomic E-state index is 11.5. The molecule has 0 atom stereocenters. The van der Waals surface area contributed by atoms with E-state index in [1.807, 2.05) is 13.8 Å². The maximum Gasteiger partial charge on any atom is 0.315 e. The number of amides is 2. The number of hydrogen-bond donors (Lipinski definition) is 3. The highest BCUT2D eigenvalue weighted by atomic mass is 16.5. The zero-order valence-corrected chi connectivity index (χ0v) is 11.1. The summed E-state index contributed by atoms with van der Waals surface area (Å²) in [7, 11) is 1.55. The molecular formula is C11H22N2O4. The SMILES string of the molecule is COCC(C)(C)NC(=O)NCC(C)(C)C(=O)O. The number of aliphatic carboxylic acids is 1. The van der Waals surface area contributed by atoms with Crippen molar-refractivity contribution in [3.63, 3.8) is 0 Å². The molecule has 0 aromatic heterocycles. The molecule has 0 unspecified atom stereocenters. The number of urea groups is 1. The molecule has 0 aromatic carbocycles. The number of nitrogens with one attached hydrogen (secondary N) is 2. The number of rotatable bonds is 6. The van der Waals surface area contributed by atoms with Crippen LogP contribution in [0.1, 0.15) is 27.7 Å². The molecule has 0 saturated heterocycles. The molecule has 6 nitrogen and oxygen atoms in total. The van der Waals surface area contributed by atoms with E-state index in [4.69, 9.17) is 9.84 Å². The van der Waals surface area contributed by atoms with Gasteiger partial charge in [0.15, 0.2) is 0 Å². The van der Waals surface area contributed by atoms with Gasteiger partial charge in [0.1, 0.15) is 0 Å². The fourth-order valence-corrected chi connectivity index (χ4v) is 1.13. The second kappa shape index (κ2) is 5.86. The predicted octanol–water partition coefficient (Wildman–Crippen LogP) is 0.821. The summed E-state index contributed by atoms with van der Waals surface area (Å²) in [6.07, 6.45) is 0. The minimum Gasteiger partial charge on any atom is -0.481 e. The van der Waals surface area contributed by atoms with Gasteiger partial charge < -0.3 is 20.5 Å². The molecular weight excluding hydrogens is 224 g/mol. The second-order valence-electron chi connectivity index (χ2n) is 5.31. The topological polar surface area (TPSA) is 87.7 Å². The van der Waals surface area contributed by atoms with E-state index in [0.717, 1.165) is 0 Å². The third-order valence-electron chi connectivity index (χ3n) is 2.23. The van der Waals surface area contributed by atoms with Crippen LogP contribution in [0.3, 0.4) is 0 Å². The van der Waals surface area contributed by atoms with Gasteiger partial charge in [0.05, 0.1) is 17.6 Å². The van der Waals surface area contributed by atoms with Crippen molar-refractivity contribution in [3.8, 4) is 0 Å². The normalized spacial score (nSPS) is 12.1. The Balaban J connectivity index is 4.17. The zero-order valence-electron chi connectivity index (χ0n) is 11.1. The molecule has 6 heteroatoms. The lowest BCUT2D eigenvalue weighted by atomic mass is 9.94. The molecule has 0 aliphatic carbocycles. The summed E-state index contributed by atoms with van der Waals surface area (Å²) in [5, 5.41) is 14.1. The number of carbonyl (C=O) groups excluding carboxylic acids is 1. The lowest BCUT2D eigenvalue weighted by molar-refractivity contribution is -0.146. The van der Waals surface area contributed by atoms with Crippen LogP contribution in [0.2, 0.25) is 0 Å². The third-order valence-corrected chi connectivity index (χ3v) is 2.23. The molecule has 0 aromatic rings. The maximum atomic E-state index is 11.5. The van der Waals surface area contributed by atoms with Crippen molar-refractivity contribution in [3.05, 3.63) is 0 Å². The smallest absolute Gasteiger partial charge is 0.315 e. The molecule has 0 fully saturated rings. The third kappa shape index (κ3) is 6.11. The van der Waals surface area contributed by atoms with Crippen LogP contribution in [0, 0.1) is 5.41 Å². The summed E-state index contributed by atoms with van der Waals surface area (Å²) < 4.78 is 4.95.